The number of rotatable bonds is 7. The molecule has 5 atom stereocenters. The van der Waals surface area contributed by atoms with Gasteiger partial charge in [-0.1, -0.05) is 25.4 Å². The Labute approximate surface area is 225 Å². The average Bonchev–Trinajstić information content (AvgIpc) is 3.27. The van der Waals surface area contributed by atoms with Gasteiger partial charge >= 0.3 is 11.9 Å². The number of carbonyl (C=O) groups is 2. The van der Waals surface area contributed by atoms with Crippen LogP contribution in [0.3, 0.4) is 0 Å². The molecule has 204 valence electrons. The molecule has 0 N–H and O–H groups in total. The Morgan fingerprint density at radius 2 is 1.95 bits per heavy atom. The third-order valence-corrected chi connectivity index (χ3v) is 7.38. The van der Waals surface area contributed by atoms with Crippen LogP contribution in [0.15, 0.2) is 36.4 Å². The number of carbonyl (C=O) groups excluding carboxylic acids is 2. The summed E-state index contributed by atoms with van der Waals surface area (Å²) in [5.41, 5.74) is 1.18. The van der Waals surface area contributed by atoms with Crippen LogP contribution in [-0.4, -0.2) is 47.5 Å². The number of nitro benzene ring substituents is 1. The molecule has 2 aromatic rings. The smallest absolute Gasteiger partial charge is 0.303 e. The monoisotopic (exact) mass is 546 g/mol. The fourth-order valence-electron chi connectivity index (χ4n) is 5.34. The molecule has 4 rings (SSSR count). The van der Waals surface area contributed by atoms with E-state index in [9.17, 15) is 19.7 Å². The fourth-order valence-corrected chi connectivity index (χ4v) is 5.56. The number of anilines is 2. The highest BCUT2D eigenvalue weighted by Gasteiger charge is 2.58. The Balaban J connectivity index is 1.63. The SMILES string of the molecule is CC[C@H]1O[C@H](Oc2ccc(N3CCc4cc([N+](=O)[O-])ccc43)cc2Cl)[C@@](C)(OC(C)=O)[C@@H](OC(C)=O)[C@@H]1C. The van der Waals surface area contributed by atoms with E-state index in [1.807, 2.05) is 24.8 Å². The number of hydrogen-bond donors (Lipinski definition) is 0. The Morgan fingerprint density at radius 1 is 1.21 bits per heavy atom. The van der Waals surface area contributed by atoms with Crippen LogP contribution in [-0.2, 0) is 30.2 Å². The second kappa shape index (κ2) is 10.8. The van der Waals surface area contributed by atoms with Crippen molar-refractivity contribution in [2.24, 2.45) is 5.92 Å². The molecule has 11 heteroatoms. The molecule has 1 saturated heterocycles. The van der Waals surface area contributed by atoms with Gasteiger partial charge in [-0.15, -0.1) is 0 Å². The molecule has 0 aliphatic carbocycles. The van der Waals surface area contributed by atoms with Crippen molar-refractivity contribution in [2.75, 3.05) is 11.4 Å². The highest BCUT2D eigenvalue weighted by Crippen LogP contribution is 2.43. The Bertz CT molecular complexity index is 1250. The van der Waals surface area contributed by atoms with E-state index in [0.717, 1.165) is 16.9 Å². The molecular formula is C27H31ClN2O8. The van der Waals surface area contributed by atoms with Crippen LogP contribution < -0.4 is 9.64 Å². The maximum absolute atomic E-state index is 12.1. The van der Waals surface area contributed by atoms with Crippen molar-refractivity contribution in [1.82, 2.24) is 0 Å². The van der Waals surface area contributed by atoms with Gasteiger partial charge in [0.25, 0.3) is 5.69 Å². The minimum absolute atomic E-state index is 0.0578. The van der Waals surface area contributed by atoms with E-state index in [2.05, 4.69) is 0 Å². The molecule has 2 aliphatic heterocycles. The first-order valence-electron chi connectivity index (χ1n) is 12.5. The second-order valence-corrected chi connectivity index (χ2v) is 10.2. The fraction of sp³-hybridized carbons (Fsp3) is 0.481. The molecule has 2 heterocycles. The van der Waals surface area contributed by atoms with E-state index < -0.39 is 34.9 Å². The lowest BCUT2D eigenvalue weighted by Crippen LogP contribution is -2.65. The molecule has 10 nitrogen and oxygen atoms in total. The number of esters is 2. The quantitative estimate of drug-likeness (QED) is 0.257. The molecule has 0 aromatic heterocycles. The Kier molecular flexibility index (Phi) is 7.85. The zero-order valence-electron chi connectivity index (χ0n) is 21.9. The number of benzene rings is 2. The molecule has 0 unspecified atom stereocenters. The van der Waals surface area contributed by atoms with E-state index in [-0.39, 0.29) is 17.7 Å². The third kappa shape index (κ3) is 5.28. The lowest BCUT2D eigenvalue weighted by atomic mass is 9.81. The number of nitro groups is 1. The van der Waals surface area contributed by atoms with Crippen LogP contribution in [0.5, 0.6) is 5.75 Å². The van der Waals surface area contributed by atoms with E-state index in [1.54, 1.807) is 31.2 Å². The minimum Gasteiger partial charge on any atom is -0.459 e. The minimum atomic E-state index is -1.44. The summed E-state index contributed by atoms with van der Waals surface area (Å²) in [6.45, 7) is 8.67. The van der Waals surface area contributed by atoms with Crippen LogP contribution in [0.25, 0.3) is 0 Å². The topological polar surface area (TPSA) is 117 Å². The number of ether oxygens (including phenoxy) is 4. The Morgan fingerprint density at radius 3 is 2.55 bits per heavy atom. The molecule has 38 heavy (non-hydrogen) atoms. The van der Waals surface area contributed by atoms with Gasteiger partial charge < -0.3 is 23.8 Å². The van der Waals surface area contributed by atoms with Gasteiger partial charge in [-0.05, 0) is 49.6 Å². The molecule has 1 fully saturated rings. The predicted molar refractivity (Wildman–Crippen MR) is 140 cm³/mol. The zero-order chi connectivity index (χ0) is 27.8. The van der Waals surface area contributed by atoms with E-state index in [4.69, 9.17) is 30.5 Å². The van der Waals surface area contributed by atoms with Gasteiger partial charge in [0.15, 0.2) is 6.10 Å². The molecule has 2 aromatic carbocycles. The van der Waals surface area contributed by atoms with Gasteiger partial charge in [0.2, 0.25) is 11.9 Å². The van der Waals surface area contributed by atoms with Crippen LogP contribution in [0.1, 0.15) is 46.6 Å². The lowest BCUT2D eigenvalue weighted by Gasteiger charge is -2.50. The number of non-ortho nitro benzene ring substituents is 1. The summed E-state index contributed by atoms with van der Waals surface area (Å²) in [6, 6.07) is 10.1. The standard InChI is InChI=1S/C27H31ClN2O8/c1-6-23-15(2)25(35-16(3)31)27(5,38-17(4)32)26(36-23)37-24-10-8-19(14-21(24)28)29-12-11-18-13-20(30(33)34)7-9-22(18)29/h7-10,13-15,23,25-26H,6,11-12H2,1-5H3/t15-,23-,25+,26-,27+/m1/s1. The first-order chi connectivity index (χ1) is 17.9. The van der Waals surface area contributed by atoms with Gasteiger partial charge in [0.1, 0.15) is 5.75 Å². The summed E-state index contributed by atoms with van der Waals surface area (Å²) >= 11 is 6.65. The highest BCUT2D eigenvalue weighted by molar-refractivity contribution is 6.32. The number of hydrogen-bond acceptors (Lipinski definition) is 9. The highest BCUT2D eigenvalue weighted by atomic mass is 35.5. The first kappa shape index (κ1) is 27.7. The van der Waals surface area contributed by atoms with Crippen LogP contribution in [0.4, 0.5) is 17.1 Å². The summed E-state index contributed by atoms with van der Waals surface area (Å²) in [7, 11) is 0. The Hall–Kier alpha value is -3.37. The van der Waals surface area contributed by atoms with Gasteiger partial charge in [-0.3, -0.25) is 19.7 Å². The van der Waals surface area contributed by atoms with E-state index in [1.165, 1.54) is 19.9 Å². The molecule has 0 saturated carbocycles. The van der Waals surface area contributed by atoms with Gasteiger partial charge in [-0.2, -0.15) is 0 Å². The third-order valence-electron chi connectivity index (χ3n) is 7.08. The van der Waals surface area contributed by atoms with Crippen LogP contribution in [0, 0.1) is 16.0 Å². The summed E-state index contributed by atoms with van der Waals surface area (Å²) in [6.07, 6.45) is -0.952. The van der Waals surface area contributed by atoms with Gasteiger partial charge in [0, 0.05) is 49.8 Å². The van der Waals surface area contributed by atoms with E-state index >= 15 is 0 Å². The second-order valence-electron chi connectivity index (χ2n) is 9.79. The number of halogens is 1. The maximum Gasteiger partial charge on any atom is 0.303 e. The molecular weight excluding hydrogens is 516 g/mol. The van der Waals surface area contributed by atoms with Gasteiger partial charge in [-0.25, -0.2) is 0 Å². The first-order valence-corrected chi connectivity index (χ1v) is 12.9. The van der Waals surface area contributed by atoms with Crippen molar-refractivity contribution >= 4 is 40.6 Å². The summed E-state index contributed by atoms with van der Waals surface area (Å²) < 4.78 is 23.8. The molecule has 0 radical (unpaired) electrons. The molecule has 0 bridgehead atoms. The summed E-state index contributed by atoms with van der Waals surface area (Å²) in [4.78, 5) is 36.8. The normalized spacial score (nSPS) is 26.4. The van der Waals surface area contributed by atoms with Gasteiger partial charge in [0.05, 0.1) is 16.0 Å². The molecule has 0 amide bonds. The van der Waals surface area contributed by atoms with Crippen LogP contribution in [0.2, 0.25) is 5.02 Å². The maximum atomic E-state index is 12.1. The lowest BCUT2D eigenvalue weighted by molar-refractivity contribution is -0.384. The average molecular weight is 547 g/mol. The van der Waals surface area contributed by atoms with Crippen molar-refractivity contribution < 1.29 is 33.5 Å². The number of fused-ring (bicyclic) bond motifs is 1. The van der Waals surface area contributed by atoms with Crippen LogP contribution >= 0.6 is 11.6 Å². The van der Waals surface area contributed by atoms with E-state index in [0.29, 0.717) is 30.2 Å². The largest absolute Gasteiger partial charge is 0.459 e. The summed E-state index contributed by atoms with van der Waals surface area (Å²) in [5, 5.41) is 11.4. The number of nitrogens with zero attached hydrogens (tertiary/aromatic N) is 2. The van der Waals surface area contributed by atoms with Crippen molar-refractivity contribution in [3.63, 3.8) is 0 Å². The molecule has 0 spiro atoms. The van der Waals surface area contributed by atoms with Crippen molar-refractivity contribution in [2.45, 2.75) is 71.6 Å². The predicted octanol–water partition coefficient (Wildman–Crippen LogP) is 5.35. The molecule has 2 aliphatic rings. The zero-order valence-corrected chi connectivity index (χ0v) is 22.7. The van der Waals surface area contributed by atoms with Crippen molar-refractivity contribution in [3.8, 4) is 5.75 Å². The van der Waals surface area contributed by atoms with Crippen molar-refractivity contribution in [1.29, 1.82) is 0 Å². The van der Waals surface area contributed by atoms with Crippen molar-refractivity contribution in [3.05, 3.63) is 57.1 Å². The summed E-state index contributed by atoms with van der Waals surface area (Å²) in [5.74, 6) is -1.04.